The van der Waals surface area contributed by atoms with Crippen LogP contribution in [0.15, 0.2) is 0 Å². The highest BCUT2D eigenvalue weighted by Crippen LogP contribution is 2.36. The molecule has 0 aliphatic rings. The molecule has 0 aliphatic heterocycles. The molecule has 0 aromatic carbocycles. The van der Waals surface area contributed by atoms with E-state index in [2.05, 4.69) is 47.8 Å². The second-order valence-corrected chi connectivity index (χ2v) is 8.20. The molecular formula is C3H2Br3N. The summed E-state index contributed by atoms with van der Waals surface area (Å²) in [6, 6.07) is 1.97. The fourth-order valence-electron chi connectivity index (χ4n) is 0.0896. The Balaban J connectivity index is 3.40. The monoisotopic (exact) mass is 289 g/mol. The van der Waals surface area contributed by atoms with E-state index >= 15 is 0 Å². The number of nitriles is 1. The summed E-state index contributed by atoms with van der Waals surface area (Å²) in [6.45, 7) is 0. The molecule has 0 rings (SSSR count). The average molecular weight is 292 g/mol. The standard InChI is InChI=1S/C3H2Br3N/c4-3(5,6)1-2-7/h1H2. The maximum Gasteiger partial charge on any atom is 0.147 e. The first-order valence-corrected chi connectivity index (χ1v) is 3.88. The van der Waals surface area contributed by atoms with Gasteiger partial charge < -0.3 is 0 Å². The third-order valence-corrected chi connectivity index (χ3v) is 1.12. The highest BCUT2D eigenvalue weighted by atomic mass is 80.0. The van der Waals surface area contributed by atoms with Crippen LogP contribution in [0.3, 0.4) is 0 Å². The van der Waals surface area contributed by atoms with E-state index in [0.717, 1.165) is 0 Å². The molecule has 0 unspecified atom stereocenters. The summed E-state index contributed by atoms with van der Waals surface area (Å²) >= 11 is 9.45. The SMILES string of the molecule is N#CCC(Br)(Br)Br. The lowest BCUT2D eigenvalue weighted by Crippen LogP contribution is -1.94. The molecule has 0 aromatic heterocycles. The molecule has 0 amide bonds. The van der Waals surface area contributed by atoms with Crippen LogP contribution < -0.4 is 0 Å². The molecule has 0 fully saturated rings. The largest absolute Gasteiger partial charge is 0.198 e. The Morgan fingerprint density at radius 3 is 1.86 bits per heavy atom. The number of alkyl halides is 3. The molecule has 1 nitrogen and oxygen atoms in total. The van der Waals surface area contributed by atoms with Crippen LogP contribution in [0.2, 0.25) is 0 Å². The van der Waals surface area contributed by atoms with E-state index in [4.69, 9.17) is 5.26 Å². The van der Waals surface area contributed by atoms with E-state index in [1.54, 1.807) is 0 Å². The Kier molecular flexibility index (Phi) is 3.46. The van der Waals surface area contributed by atoms with Crippen molar-refractivity contribution in [2.75, 3.05) is 0 Å². The number of nitrogens with zero attached hydrogens (tertiary/aromatic N) is 1. The fourth-order valence-corrected chi connectivity index (χ4v) is 0.466. The summed E-state index contributed by atoms with van der Waals surface area (Å²) < 4.78 is -0.373. The lowest BCUT2D eigenvalue weighted by molar-refractivity contribution is 1.17. The van der Waals surface area contributed by atoms with Crippen LogP contribution in [0.1, 0.15) is 6.42 Å². The third-order valence-electron chi connectivity index (χ3n) is 0.280. The number of halogens is 3. The number of hydrogen-bond donors (Lipinski definition) is 0. The van der Waals surface area contributed by atoms with Gasteiger partial charge in [0.15, 0.2) is 0 Å². The Labute approximate surface area is 67.5 Å². The van der Waals surface area contributed by atoms with Crippen molar-refractivity contribution in [3.63, 3.8) is 0 Å². The minimum atomic E-state index is -0.373. The van der Waals surface area contributed by atoms with E-state index in [9.17, 15) is 0 Å². The number of hydrogen-bond acceptors (Lipinski definition) is 1. The van der Waals surface area contributed by atoms with Crippen LogP contribution in [-0.2, 0) is 0 Å². The van der Waals surface area contributed by atoms with Gasteiger partial charge in [-0.15, -0.1) is 0 Å². The maximum atomic E-state index is 8.06. The van der Waals surface area contributed by atoms with Crippen molar-refractivity contribution in [3.8, 4) is 6.07 Å². The summed E-state index contributed by atoms with van der Waals surface area (Å²) in [5.74, 6) is 0. The quantitative estimate of drug-likeness (QED) is 0.630. The van der Waals surface area contributed by atoms with Gasteiger partial charge in [0, 0.05) is 0 Å². The molecule has 0 aliphatic carbocycles. The fraction of sp³-hybridized carbons (Fsp3) is 0.667. The normalized spacial score (nSPS) is 10.6. The van der Waals surface area contributed by atoms with Crippen molar-refractivity contribution in [3.05, 3.63) is 0 Å². The van der Waals surface area contributed by atoms with E-state index in [0.29, 0.717) is 6.42 Å². The van der Waals surface area contributed by atoms with Gasteiger partial charge in [-0.2, -0.15) is 5.26 Å². The highest BCUT2D eigenvalue weighted by Gasteiger charge is 2.15. The summed E-state index contributed by atoms with van der Waals surface area (Å²) in [6.07, 6.45) is 0.396. The summed E-state index contributed by atoms with van der Waals surface area (Å²) in [7, 11) is 0. The van der Waals surface area contributed by atoms with Gasteiger partial charge in [-0.05, 0) is 0 Å². The highest BCUT2D eigenvalue weighted by molar-refractivity contribution is 9.39. The van der Waals surface area contributed by atoms with Gasteiger partial charge in [-0.25, -0.2) is 0 Å². The predicted octanol–water partition coefficient (Wildman–Crippen LogP) is 2.74. The van der Waals surface area contributed by atoms with E-state index in [1.807, 2.05) is 6.07 Å². The van der Waals surface area contributed by atoms with Gasteiger partial charge >= 0.3 is 0 Å². The minimum Gasteiger partial charge on any atom is -0.198 e. The van der Waals surface area contributed by atoms with Crippen molar-refractivity contribution in [2.24, 2.45) is 0 Å². The molecule has 7 heavy (non-hydrogen) atoms. The number of rotatable bonds is 0. The Morgan fingerprint density at radius 2 is 1.86 bits per heavy atom. The zero-order valence-electron chi connectivity index (χ0n) is 3.29. The third kappa shape index (κ3) is 6.93. The zero-order valence-corrected chi connectivity index (χ0v) is 8.05. The second-order valence-electron chi connectivity index (χ2n) is 0.950. The van der Waals surface area contributed by atoms with Gasteiger partial charge in [0.05, 0.1) is 12.5 Å². The van der Waals surface area contributed by atoms with Gasteiger partial charge in [-0.3, -0.25) is 0 Å². The Morgan fingerprint density at radius 1 is 1.43 bits per heavy atom. The van der Waals surface area contributed by atoms with E-state index < -0.39 is 0 Å². The average Bonchev–Trinajstić information content (AvgIpc) is 1.30. The molecule has 0 saturated heterocycles. The van der Waals surface area contributed by atoms with Crippen LogP contribution in [0, 0.1) is 11.3 Å². The summed E-state index contributed by atoms with van der Waals surface area (Å²) in [5.41, 5.74) is 0. The van der Waals surface area contributed by atoms with E-state index in [1.165, 1.54) is 0 Å². The predicted molar refractivity (Wildman–Crippen MR) is 39.7 cm³/mol. The first kappa shape index (κ1) is 7.93. The minimum absolute atomic E-state index is 0.373. The van der Waals surface area contributed by atoms with Crippen molar-refractivity contribution in [1.29, 1.82) is 5.26 Å². The van der Waals surface area contributed by atoms with Crippen LogP contribution in [-0.4, -0.2) is 2.14 Å². The summed E-state index contributed by atoms with van der Waals surface area (Å²) in [4.78, 5) is 0. The first-order chi connectivity index (χ1) is 3.06. The lowest BCUT2D eigenvalue weighted by atomic mass is 10.6. The van der Waals surface area contributed by atoms with Crippen LogP contribution >= 0.6 is 47.8 Å². The van der Waals surface area contributed by atoms with Crippen molar-refractivity contribution in [2.45, 2.75) is 8.56 Å². The molecule has 0 bridgehead atoms. The van der Waals surface area contributed by atoms with Crippen LogP contribution in [0.4, 0.5) is 0 Å². The van der Waals surface area contributed by atoms with Crippen molar-refractivity contribution in [1.82, 2.24) is 0 Å². The van der Waals surface area contributed by atoms with E-state index in [-0.39, 0.29) is 2.14 Å². The molecule has 4 heteroatoms. The lowest BCUT2D eigenvalue weighted by Gasteiger charge is -2.02. The van der Waals surface area contributed by atoms with Gasteiger partial charge in [0.25, 0.3) is 0 Å². The Bertz CT molecular complexity index is 87.3. The topological polar surface area (TPSA) is 23.8 Å². The molecule has 0 radical (unpaired) electrons. The Hall–Kier alpha value is 0.930. The maximum absolute atomic E-state index is 8.06. The van der Waals surface area contributed by atoms with Gasteiger partial charge in [0.1, 0.15) is 2.14 Å². The van der Waals surface area contributed by atoms with Crippen LogP contribution in [0.5, 0.6) is 0 Å². The van der Waals surface area contributed by atoms with Crippen LogP contribution in [0.25, 0.3) is 0 Å². The molecule has 0 atom stereocenters. The zero-order chi connectivity index (χ0) is 5.91. The molecular weight excluding hydrogens is 290 g/mol. The van der Waals surface area contributed by atoms with Gasteiger partial charge in [0.2, 0.25) is 0 Å². The smallest absolute Gasteiger partial charge is 0.147 e. The summed E-state index contributed by atoms with van der Waals surface area (Å²) in [5, 5.41) is 8.06. The first-order valence-electron chi connectivity index (χ1n) is 1.50. The molecule has 0 heterocycles. The second kappa shape index (κ2) is 3.06. The molecule has 0 aromatic rings. The molecule has 0 saturated carbocycles. The molecule has 0 N–H and O–H groups in total. The molecule has 40 valence electrons. The van der Waals surface area contributed by atoms with Crippen molar-refractivity contribution < 1.29 is 0 Å². The molecule has 0 spiro atoms. The van der Waals surface area contributed by atoms with Crippen molar-refractivity contribution >= 4 is 47.8 Å². The van der Waals surface area contributed by atoms with Gasteiger partial charge in [-0.1, -0.05) is 47.8 Å².